The van der Waals surface area contributed by atoms with E-state index in [9.17, 15) is 4.21 Å². The lowest BCUT2D eigenvalue weighted by molar-refractivity contribution is -0.148. The van der Waals surface area contributed by atoms with Crippen LogP contribution < -0.4 is 0 Å². The normalized spacial score (nSPS) is 32.6. The van der Waals surface area contributed by atoms with Crippen molar-refractivity contribution in [1.82, 2.24) is 0 Å². The SMILES string of the molecule is CC(C)OC1CS(=O)CCO1. The maximum absolute atomic E-state index is 11.0. The van der Waals surface area contributed by atoms with E-state index in [1.807, 2.05) is 13.8 Å². The summed E-state index contributed by atoms with van der Waals surface area (Å²) in [6.07, 6.45) is -0.0975. The third-order valence-electron chi connectivity index (χ3n) is 1.36. The van der Waals surface area contributed by atoms with E-state index in [-0.39, 0.29) is 12.4 Å². The average molecular weight is 178 g/mol. The van der Waals surface area contributed by atoms with Gasteiger partial charge in [0.2, 0.25) is 0 Å². The lowest BCUT2D eigenvalue weighted by Crippen LogP contribution is -2.34. The van der Waals surface area contributed by atoms with Gasteiger partial charge in [-0.15, -0.1) is 0 Å². The van der Waals surface area contributed by atoms with Crippen molar-refractivity contribution in [2.24, 2.45) is 0 Å². The molecule has 0 amide bonds. The minimum Gasteiger partial charge on any atom is -0.351 e. The Morgan fingerprint density at radius 2 is 2.36 bits per heavy atom. The molecule has 0 aromatic carbocycles. The first kappa shape index (κ1) is 9.16. The Hall–Kier alpha value is 0.0700. The topological polar surface area (TPSA) is 35.5 Å². The van der Waals surface area contributed by atoms with Gasteiger partial charge in [-0.25, -0.2) is 0 Å². The van der Waals surface area contributed by atoms with Gasteiger partial charge in [0, 0.05) is 16.6 Å². The van der Waals surface area contributed by atoms with E-state index in [1.54, 1.807) is 0 Å². The first-order chi connectivity index (χ1) is 5.18. The van der Waals surface area contributed by atoms with Crippen molar-refractivity contribution in [2.45, 2.75) is 26.2 Å². The lowest BCUT2D eigenvalue weighted by atomic mass is 10.5. The van der Waals surface area contributed by atoms with Crippen LogP contribution in [0.4, 0.5) is 0 Å². The van der Waals surface area contributed by atoms with Gasteiger partial charge in [-0.1, -0.05) is 0 Å². The van der Waals surface area contributed by atoms with Crippen molar-refractivity contribution in [2.75, 3.05) is 18.1 Å². The Morgan fingerprint density at radius 3 is 2.91 bits per heavy atom. The van der Waals surface area contributed by atoms with Crippen LogP contribution in [-0.4, -0.2) is 34.7 Å². The van der Waals surface area contributed by atoms with Crippen LogP contribution in [0.25, 0.3) is 0 Å². The maximum atomic E-state index is 11.0. The maximum Gasteiger partial charge on any atom is 0.169 e. The van der Waals surface area contributed by atoms with Gasteiger partial charge in [-0.2, -0.15) is 0 Å². The van der Waals surface area contributed by atoms with Gasteiger partial charge in [-0.05, 0) is 13.8 Å². The van der Waals surface area contributed by atoms with Gasteiger partial charge in [0.15, 0.2) is 6.29 Å². The molecule has 2 unspecified atom stereocenters. The summed E-state index contributed by atoms with van der Waals surface area (Å²) in [7, 11) is -0.737. The molecule has 2 atom stereocenters. The van der Waals surface area contributed by atoms with Crippen molar-refractivity contribution in [3.63, 3.8) is 0 Å². The van der Waals surface area contributed by atoms with Gasteiger partial charge in [-0.3, -0.25) is 4.21 Å². The lowest BCUT2D eigenvalue weighted by Gasteiger charge is -2.23. The fourth-order valence-electron chi connectivity index (χ4n) is 0.938. The van der Waals surface area contributed by atoms with Crippen molar-refractivity contribution in [3.05, 3.63) is 0 Å². The zero-order chi connectivity index (χ0) is 8.27. The van der Waals surface area contributed by atoms with Crippen LogP contribution in [0.15, 0.2) is 0 Å². The molecular weight excluding hydrogens is 164 g/mol. The summed E-state index contributed by atoms with van der Waals surface area (Å²) in [6, 6.07) is 0. The van der Waals surface area contributed by atoms with E-state index < -0.39 is 10.8 Å². The Morgan fingerprint density at radius 1 is 1.64 bits per heavy atom. The minimum atomic E-state index is -0.737. The smallest absolute Gasteiger partial charge is 0.169 e. The molecule has 1 rings (SSSR count). The zero-order valence-electron chi connectivity index (χ0n) is 6.91. The third-order valence-corrected chi connectivity index (χ3v) is 2.63. The molecule has 11 heavy (non-hydrogen) atoms. The molecule has 0 saturated carbocycles. The molecule has 0 N–H and O–H groups in total. The largest absolute Gasteiger partial charge is 0.351 e. The highest BCUT2D eigenvalue weighted by molar-refractivity contribution is 7.85. The van der Waals surface area contributed by atoms with Gasteiger partial charge in [0.05, 0.1) is 18.5 Å². The van der Waals surface area contributed by atoms with Gasteiger partial charge in [0.1, 0.15) is 0 Å². The van der Waals surface area contributed by atoms with Crippen LogP contribution in [0, 0.1) is 0 Å². The Balaban J connectivity index is 2.28. The molecule has 1 aliphatic rings. The van der Waals surface area contributed by atoms with Crippen molar-refractivity contribution in [1.29, 1.82) is 0 Å². The fraction of sp³-hybridized carbons (Fsp3) is 1.00. The summed E-state index contributed by atoms with van der Waals surface area (Å²) in [6.45, 7) is 4.45. The Kier molecular flexibility index (Phi) is 3.48. The van der Waals surface area contributed by atoms with E-state index in [0.717, 1.165) is 0 Å². The van der Waals surface area contributed by atoms with Gasteiger partial charge < -0.3 is 9.47 Å². The fourth-order valence-corrected chi connectivity index (χ4v) is 1.86. The summed E-state index contributed by atoms with van der Waals surface area (Å²) in [5.74, 6) is 1.18. The molecule has 4 heteroatoms. The summed E-state index contributed by atoms with van der Waals surface area (Å²) < 4.78 is 21.6. The van der Waals surface area contributed by atoms with Crippen molar-refractivity contribution in [3.8, 4) is 0 Å². The summed E-state index contributed by atoms with van der Waals surface area (Å²) in [4.78, 5) is 0. The second kappa shape index (κ2) is 4.18. The molecule has 0 aromatic rings. The predicted octanol–water partition coefficient (Wildman–Crippen LogP) is 0.516. The highest BCUT2D eigenvalue weighted by Crippen LogP contribution is 2.07. The van der Waals surface area contributed by atoms with E-state index in [2.05, 4.69) is 0 Å². The number of hydrogen-bond acceptors (Lipinski definition) is 3. The third kappa shape index (κ3) is 3.31. The van der Waals surface area contributed by atoms with Crippen LogP contribution >= 0.6 is 0 Å². The molecular formula is C7H14O3S. The van der Waals surface area contributed by atoms with Crippen LogP contribution in [-0.2, 0) is 20.3 Å². The van der Waals surface area contributed by atoms with Crippen LogP contribution in [0.3, 0.4) is 0 Å². The molecule has 1 aliphatic heterocycles. The number of ether oxygens (including phenoxy) is 2. The minimum absolute atomic E-state index is 0.148. The van der Waals surface area contributed by atoms with Crippen LogP contribution in [0.5, 0.6) is 0 Å². The molecule has 66 valence electrons. The number of rotatable bonds is 2. The highest BCUT2D eigenvalue weighted by atomic mass is 32.2. The van der Waals surface area contributed by atoms with Crippen molar-refractivity contribution >= 4 is 10.8 Å². The molecule has 1 fully saturated rings. The molecule has 0 radical (unpaired) electrons. The molecule has 3 nitrogen and oxygen atoms in total. The van der Waals surface area contributed by atoms with Gasteiger partial charge in [0.25, 0.3) is 0 Å². The zero-order valence-corrected chi connectivity index (χ0v) is 7.73. The summed E-state index contributed by atoms with van der Waals surface area (Å²) >= 11 is 0. The predicted molar refractivity (Wildman–Crippen MR) is 43.8 cm³/mol. The Bertz CT molecular complexity index is 147. The average Bonchev–Trinajstić information content (AvgIpc) is 1.85. The summed E-state index contributed by atoms with van der Waals surface area (Å²) in [5.41, 5.74) is 0. The van der Waals surface area contributed by atoms with E-state index in [1.165, 1.54) is 0 Å². The molecule has 0 bridgehead atoms. The molecule has 0 aliphatic carbocycles. The second-order valence-corrected chi connectivity index (χ2v) is 4.42. The first-order valence-electron chi connectivity index (χ1n) is 3.80. The number of hydrogen-bond donors (Lipinski definition) is 0. The second-order valence-electron chi connectivity index (χ2n) is 2.80. The summed E-state index contributed by atoms with van der Waals surface area (Å²) in [5, 5.41) is 0. The first-order valence-corrected chi connectivity index (χ1v) is 5.29. The van der Waals surface area contributed by atoms with Gasteiger partial charge >= 0.3 is 0 Å². The van der Waals surface area contributed by atoms with Crippen molar-refractivity contribution < 1.29 is 13.7 Å². The van der Waals surface area contributed by atoms with E-state index >= 15 is 0 Å². The molecule has 0 aromatic heterocycles. The molecule has 1 heterocycles. The Labute approximate surface area is 69.5 Å². The standard InChI is InChI=1S/C7H14O3S/c1-6(2)10-7-5-11(8)4-3-9-7/h6-7H,3-5H2,1-2H3. The van der Waals surface area contributed by atoms with Crippen LogP contribution in [0.2, 0.25) is 0 Å². The molecule has 1 saturated heterocycles. The molecule has 0 spiro atoms. The quantitative estimate of drug-likeness (QED) is 0.618. The van der Waals surface area contributed by atoms with E-state index in [0.29, 0.717) is 18.1 Å². The highest BCUT2D eigenvalue weighted by Gasteiger charge is 2.19. The van der Waals surface area contributed by atoms with Crippen LogP contribution in [0.1, 0.15) is 13.8 Å². The monoisotopic (exact) mass is 178 g/mol. The van der Waals surface area contributed by atoms with E-state index in [4.69, 9.17) is 9.47 Å².